The molecule has 1 aliphatic heterocycles. The molecule has 0 bridgehead atoms. The summed E-state index contributed by atoms with van der Waals surface area (Å²) < 4.78 is 2.04. The summed E-state index contributed by atoms with van der Waals surface area (Å²) in [5.41, 5.74) is 3.52. The van der Waals surface area contributed by atoms with Crippen LogP contribution in [-0.2, 0) is 13.5 Å². The number of aromatic carboxylic acids is 1. The fourth-order valence-electron chi connectivity index (χ4n) is 3.26. The van der Waals surface area contributed by atoms with Gasteiger partial charge in [-0.1, -0.05) is 0 Å². The number of nitrogens with one attached hydrogen (secondary N) is 1. The Morgan fingerprint density at radius 3 is 2.73 bits per heavy atom. The molecule has 118 valence electrons. The predicted molar refractivity (Wildman–Crippen MR) is 87.6 cm³/mol. The highest BCUT2D eigenvalue weighted by Gasteiger charge is 2.15. The maximum atomic E-state index is 11.3. The van der Waals surface area contributed by atoms with Crippen molar-refractivity contribution in [1.29, 1.82) is 0 Å². The Labute approximate surface area is 130 Å². The van der Waals surface area contributed by atoms with Crippen LogP contribution in [0.5, 0.6) is 0 Å². The maximum Gasteiger partial charge on any atom is 0.336 e. The molecule has 22 heavy (non-hydrogen) atoms. The first kappa shape index (κ1) is 15.1. The molecule has 2 N–H and O–H groups in total. The SMILES string of the molecule is Cc1cc2c(CCN3CCNCC3)cn(C)c2cc1C(=O)O. The van der Waals surface area contributed by atoms with Gasteiger partial charge in [0.1, 0.15) is 0 Å². The van der Waals surface area contributed by atoms with Gasteiger partial charge in [0.05, 0.1) is 5.56 Å². The number of carbonyl (C=O) groups is 1. The summed E-state index contributed by atoms with van der Waals surface area (Å²) in [6.07, 6.45) is 3.14. The van der Waals surface area contributed by atoms with Crippen LogP contribution in [0.1, 0.15) is 21.5 Å². The van der Waals surface area contributed by atoms with Crippen LogP contribution in [0.4, 0.5) is 0 Å². The third-order valence-electron chi connectivity index (χ3n) is 4.56. The number of carboxylic acid groups (broad SMARTS) is 1. The van der Waals surface area contributed by atoms with Crippen molar-refractivity contribution in [2.75, 3.05) is 32.7 Å². The minimum absolute atomic E-state index is 0.391. The Kier molecular flexibility index (Phi) is 4.18. The average Bonchev–Trinajstić information content (AvgIpc) is 2.81. The van der Waals surface area contributed by atoms with E-state index < -0.39 is 5.97 Å². The highest BCUT2D eigenvalue weighted by atomic mass is 16.4. The molecule has 5 nitrogen and oxygen atoms in total. The Balaban J connectivity index is 1.87. The third-order valence-corrected chi connectivity index (χ3v) is 4.56. The van der Waals surface area contributed by atoms with Crippen LogP contribution in [0.3, 0.4) is 0 Å². The first-order valence-electron chi connectivity index (χ1n) is 7.81. The molecule has 0 unspecified atom stereocenters. The van der Waals surface area contributed by atoms with Crippen LogP contribution in [-0.4, -0.2) is 53.3 Å². The number of hydrogen-bond donors (Lipinski definition) is 2. The molecule has 2 heterocycles. The van der Waals surface area contributed by atoms with Gasteiger partial charge >= 0.3 is 5.97 Å². The van der Waals surface area contributed by atoms with Crippen LogP contribution in [0.25, 0.3) is 10.9 Å². The van der Waals surface area contributed by atoms with E-state index in [0.29, 0.717) is 5.56 Å². The molecule has 1 saturated heterocycles. The van der Waals surface area contributed by atoms with Crippen LogP contribution in [0, 0.1) is 6.92 Å². The van der Waals surface area contributed by atoms with Crippen LogP contribution >= 0.6 is 0 Å². The molecule has 3 rings (SSSR count). The quantitative estimate of drug-likeness (QED) is 0.901. The molecule has 0 radical (unpaired) electrons. The number of aryl methyl sites for hydroxylation is 2. The molecule has 2 aromatic rings. The van der Waals surface area contributed by atoms with Crippen molar-refractivity contribution in [3.8, 4) is 0 Å². The summed E-state index contributed by atoms with van der Waals surface area (Å²) in [6, 6.07) is 3.81. The van der Waals surface area contributed by atoms with Gasteiger partial charge in [-0.2, -0.15) is 0 Å². The summed E-state index contributed by atoms with van der Waals surface area (Å²) in [6.45, 7) is 7.27. The normalized spacial score (nSPS) is 16.3. The number of fused-ring (bicyclic) bond motifs is 1. The lowest BCUT2D eigenvalue weighted by Crippen LogP contribution is -2.44. The molecule has 0 atom stereocenters. The van der Waals surface area contributed by atoms with Gasteiger partial charge in [0.25, 0.3) is 0 Å². The van der Waals surface area contributed by atoms with Gasteiger partial charge < -0.3 is 19.9 Å². The smallest absolute Gasteiger partial charge is 0.336 e. The summed E-state index contributed by atoms with van der Waals surface area (Å²) in [5.74, 6) is -0.858. The predicted octanol–water partition coefficient (Wildman–Crippen LogP) is 1.63. The van der Waals surface area contributed by atoms with E-state index in [1.165, 1.54) is 10.9 Å². The summed E-state index contributed by atoms with van der Waals surface area (Å²) >= 11 is 0. The molecule has 0 spiro atoms. The van der Waals surface area contributed by atoms with E-state index in [1.807, 2.05) is 24.6 Å². The largest absolute Gasteiger partial charge is 0.478 e. The van der Waals surface area contributed by atoms with Crippen molar-refractivity contribution >= 4 is 16.9 Å². The number of hydrogen-bond acceptors (Lipinski definition) is 3. The molecule has 1 aromatic heterocycles. The van der Waals surface area contributed by atoms with E-state index in [9.17, 15) is 9.90 Å². The number of nitrogens with zero attached hydrogens (tertiary/aromatic N) is 2. The van der Waals surface area contributed by atoms with Gasteiger partial charge in [-0.15, -0.1) is 0 Å². The number of piperazine rings is 1. The third kappa shape index (κ3) is 2.87. The van der Waals surface area contributed by atoms with Crippen LogP contribution in [0.2, 0.25) is 0 Å². The lowest BCUT2D eigenvalue weighted by molar-refractivity contribution is 0.0696. The van der Waals surface area contributed by atoms with Crippen molar-refractivity contribution in [2.45, 2.75) is 13.3 Å². The van der Waals surface area contributed by atoms with Crippen molar-refractivity contribution in [1.82, 2.24) is 14.8 Å². The topological polar surface area (TPSA) is 57.5 Å². The van der Waals surface area contributed by atoms with Gasteiger partial charge in [0, 0.05) is 56.9 Å². The zero-order valence-electron chi connectivity index (χ0n) is 13.2. The van der Waals surface area contributed by atoms with Gasteiger partial charge in [0.15, 0.2) is 0 Å². The van der Waals surface area contributed by atoms with Gasteiger partial charge in [-0.05, 0) is 36.6 Å². The monoisotopic (exact) mass is 301 g/mol. The fraction of sp³-hybridized carbons (Fsp3) is 0.471. The second-order valence-corrected chi connectivity index (χ2v) is 6.10. The van der Waals surface area contributed by atoms with Gasteiger partial charge in [-0.3, -0.25) is 0 Å². The molecule has 1 aromatic carbocycles. The number of benzene rings is 1. The second kappa shape index (κ2) is 6.10. The lowest BCUT2D eigenvalue weighted by atomic mass is 10.0. The van der Waals surface area contributed by atoms with Crippen LogP contribution < -0.4 is 5.32 Å². The van der Waals surface area contributed by atoms with Crippen molar-refractivity contribution < 1.29 is 9.90 Å². The van der Waals surface area contributed by atoms with Crippen LogP contribution in [0.15, 0.2) is 18.3 Å². The summed E-state index contributed by atoms with van der Waals surface area (Å²) in [7, 11) is 1.98. The Morgan fingerprint density at radius 1 is 1.32 bits per heavy atom. The van der Waals surface area contributed by atoms with Crippen molar-refractivity contribution in [3.63, 3.8) is 0 Å². The molecule has 0 amide bonds. The van der Waals surface area contributed by atoms with E-state index >= 15 is 0 Å². The summed E-state index contributed by atoms with van der Waals surface area (Å²) in [5, 5.41) is 13.8. The maximum absolute atomic E-state index is 11.3. The first-order valence-corrected chi connectivity index (χ1v) is 7.81. The number of aromatic nitrogens is 1. The molecule has 0 aliphatic carbocycles. The highest BCUT2D eigenvalue weighted by Crippen LogP contribution is 2.25. The molecular formula is C17H23N3O2. The lowest BCUT2D eigenvalue weighted by Gasteiger charge is -2.26. The Hall–Kier alpha value is -1.85. The molecule has 1 aliphatic rings. The second-order valence-electron chi connectivity index (χ2n) is 6.10. The van der Waals surface area contributed by atoms with E-state index in [0.717, 1.165) is 50.2 Å². The van der Waals surface area contributed by atoms with E-state index in [4.69, 9.17) is 0 Å². The van der Waals surface area contributed by atoms with E-state index in [-0.39, 0.29) is 0 Å². The van der Waals surface area contributed by atoms with Crippen molar-refractivity contribution in [3.05, 3.63) is 35.0 Å². The molecular weight excluding hydrogens is 278 g/mol. The first-order chi connectivity index (χ1) is 10.6. The molecule has 1 fully saturated rings. The van der Waals surface area contributed by atoms with E-state index in [1.54, 1.807) is 6.07 Å². The minimum atomic E-state index is -0.858. The van der Waals surface area contributed by atoms with E-state index in [2.05, 4.69) is 16.4 Å². The zero-order valence-corrected chi connectivity index (χ0v) is 13.2. The molecule has 0 saturated carbocycles. The fourth-order valence-corrected chi connectivity index (χ4v) is 3.26. The Morgan fingerprint density at radius 2 is 2.05 bits per heavy atom. The summed E-state index contributed by atoms with van der Waals surface area (Å²) in [4.78, 5) is 13.8. The van der Waals surface area contributed by atoms with Gasteiger partial charge in [-0.25, -0.2) is 4.79 Å². The molecule has 5 heteroatoms. The van der Waals surface area contributed by atoms with Gasteiger partial charge in [0.2, 0.25) is 0 Å². The Bertz CT molecular complexity index is 699. The number of rotatable bonds is 4. The zero-order chi connectivity index (χ0) is 15.7. The highest BCUT2D eigenvalue weighted by molar-refractivity contribution is 5.96. The number of carboxylic acids is 1. The minimum Gasteiger partial charge on any atom is -0.478 e. The standard InChI is InChI=1S/C17H23N3O2/c1-12-9-15-13(3-6-20-7-4-18-5-8-20)11-19(2)16(15)10-14(12)17(21)22/h9-11,18H,3-8H2,1-2H3,(H,21,22). The van der Waals surface area contributed by atoms with Crippen molar-refractivity contribution in [2.24, 2.45) is 7.05 Å². The average molecular weight is 301 g/mol.